The molecule has 1 aromatic carbocycles. The molecule has 8 aliphatic carbocycles. The predicted octanol–water partition coefficient (Wildman–Crippen LogP) is 10.9. The number of esters is 1. The van der Waals surface area contributed by atoms with Crippen molar-refractivity contribution in [3.8, 4) is 0 Å². The zero-order valence-electron chi connectivity index (χ0n) is 48.8. The SMILES string of the molecule is C[C@H](CC[C@@]1(O)CCOC1)[C@H]1CC[C@H]2[C@@H]3CC[C@H]4C[C@](O)(C(F)(F)F)CC[C@]4(C)[C@H]3CC[C@]12C.C[C@H](CC[C@@]1(OC(=O)c2ccccc2)CCOC1)[C@H]1CC[C@H]2[C@@H]3CC[C@H]4C[C@](O)(C(F)(F)F)CC[C@]4(C)[C@H]3CC[C@]12C.O.[Li+].[OH-]. The molecule has 0 aromatic heterocycles. The molecular formula is C63H97F6LiO9. The van der Waals surface area contributed by atoms with Crippen LogP contribution < -0.4 is 18.9 Å². The summed E-state index contributed by atoms with van der Waals surface area (Å²) in [4.78, 5) is 12.9. The molecule has 79 heavy (non-hydrogen) atoms. The summed E-state index contributed by atoms with van der Waals surface area (Å²) in [6.45, 7) is 16.5. The number of aliphatic hydroxyl groups is 3. The van der Waals surface area contributed by atoms with Gasteiger partial charge in [0, 0.05) is 19.4 Å². The number of hydrogen-bond donors (Lipinski definition) is 3. The van der Waals surface area contributed by atoms with Crippen molar-refractivity contribution >= 4 is 5.97 Å². The van der Waals surface area contributed by atoms with Gasteiger partial charge < -0.3 is 40.5 Å². The van der Waals surface area contributed by atoms with Gasteiger partial charge in [-0.2, -0.15) is 26.3 Å². The summed E-state index contributed by atoms with van der Waals surface area (Å²) in [7, 11) is 0. The van der Waals surface area contributed by atoms with Crippen LogP contribution in [0.2, 0.25) is 0 Å². The second-order valence-electron chi connectivity index (χ2n) is 29.0. The van der Waals surface area contributed by atoms with Crippen molar-refractivity contribution in [1.29, 1.82) is 0 Å². The second kappa shape index (κ2) is 23.5. The van der Waals surface area contributed by atoms with Crippen LogP contribution in [0.1, 0.15) is 206 Å². The fraction of sp³-hybridized carbons (Fsp3) is 0.889. The molecule has 9 nitrogen and oxygen atoms in total. The summed E-state index contributed by atoms with van der Waals surface area (Å²) in [5, 5.41) is 31.7. The summed E-state index contributed by atoms with van der Waals surface area (Å²) >= 11 is 0. The van der Waals surface area contributed by atoms with E-state index < -0.39 is 34.8 Å². The van der Waals surface area contributed by atoms with Gasteiger partial charge >= 0.3 is 37.2 Å². The van der Waals surface area contributed by atoms with E-state index in [9.17, 15) is 46.5 Å². The molecule has 0 amide bonds. The third-order valence-electron chi connectivity index (χ3n) is 25.6. The molecule has 0 radical (unpaired) electrons. The average molecular weight is 1120 g/mol. The molecule has 8 saturated carbocycles. The van der Waals surface area contributed by atoms with Crippen LogP contribution in [0.4, 0.5) is 26.3 Å². The fourth-order valence-corrected chi connectivity index (χ4v) is 20.9. The van der Waals surface area contributed by atoms with Crippen LogP contribution in [-0.4, -0.2) is 93.4 Å². The summed E-state index contributed by atoms with van der Waals surface area (Å²) in [6, 6.07) is 9.19. The molecule has 10 aliphatic rings. The summed E-state index contributed by atoms with van der Waals surface area (Å²) in [5.41, 5.74) is -5.27. The van der Waals surface area contributed by atoms with Crippen molar-refractivity contribution in [3.63, 3.8) is 0 Å². The predicted molar refractivity (Wildman–Crippen MR) is 285 cm³/mol. The van der Waals surface area contributed by atoms with E-state index in [0.717, 1.165) is 83.5 Å². The van der Waals surface area contributed by atoms with Crippen molar-refractivity contribution in [3.05, 3.63) is 35.9 Å². The van der Waals surface area contributed by atoms with Gasteiger partial charge in [-0.25, -0.2) is 4.79 Å². The molecule has 20 atom stereocenters. The molecule has 0 unspecified atom stereocenters. The molecule has 0 spiro atoms. The maximum absolute atomic E-state index is 13.7. The van der Waals surface area contributed by atoms with E-state index in [2.05, 4.69) is 41.5 Å². The molecule has 10 fully saturated rings. The number of hydrogen-bond acceptors (Lipinski definition) is 8. The van der Waals surface area contributed by atoms with E-state index >= 15 is 0 Å². The van der Waals surface area contributed by atoms with E-state index in [4.69, 9.17) is 14.2 Å². The van der Waals surface area contributed by atoms with Crippen molar-refractivity contribution < 1.29 is 90.5 Å². The van der Waals surface area contributed by atoms with Crippen LogP contribution in [-0.2, 0) is 14.2 Å². The minimum absolute atomic E-state index is 0. The molecule has 2 saturated heterocycles. The fourth-order valence-electron chi connectivity index (χ4n) is 20.9. The first-order valence-corrected chi connectivity index (χ1v) is 30.4. The Morgan fingerprint density at radius 2 is 1.03 bits per heavy atom. The first kappa shape index (κ1) is 65.1. The average Bonchev–Trinajstić information content (AvgIpc) is 4.19. The number of carbonyl (C=O) groups excluding carboxylic acids is 1. The van der Waals surface area contributed by atoms with Crippen molar-refractivity contribution in [2.75, 3.05) is 26.4 Å². The molecule has 2 heterocycles. The van der Waals surface area contributed by atoms with Crippen molar-refractivity contribution in [1.82, 2.24) is 0 Å². The van der Waals surface area contributed by atoms with Crippen LogP contribution >= 0.6 is 0 Å². The van der Waals surface area contributed by atoms with Crippen LogP contribution in [0.5, 0.6) is 0 Å². The van der Waals surface area contributed by atoms with Crippen LogP contribution in [0.3, 0.4) is 0 Å². The molecule has 16 heteroatoms. The van der Waals surface area contributed by atoms with Crippen LogP contribution in [0.25, 0.3) is 0 Å². The Hall–Kier alpha value is -1.41. The van der Waals surface area contributed by atoms with Gasteiger partial charge in [0.05, 0.1) is 31.0 Å². The van der Waals surface area contributed by atoms with E-state index in [1.54, 1.807) is 12.1 Å². The summed E-state index contributed by atoms with van der Waals surface area (Å²) in [6.07, 6.45) is 9.57. The second-order valence-corrected chi connectivity index (χ2v) is 29.0. The smallest absolute Gasteiger partial charge is 0.870 e. The number of ether oxygens (including phenoxy) is 3. The summed E-state index contributed by atoms with van der Waals surface area (Å²) < 4.78 is 99.3. The minimum atomic E-state index is -4.55. The van der Waals surface area contributed by atoms with Crippen LogP contribution in [0.15, 0.2) is 30.3 Å². The van der Waals surface area contributed by atoms with Gasteiger partial charge in [0.15, 0.2) is 11.2 Å². The van der Waals surface area contributed by atoms with Gasteiger partial charge in [-0.15, -0.1) is 0 Å². The number of fused-ring (bicyclic) bond motifs is 10. The van der Waals surface area contributed by atoms with Gasteiger partial charge in [-0.05, 0) is 246 Å². The Morgan fingerprint density at radius 3 is 1.46 bits per heavy atom. The minimum Gasteiger partial charge on any atom is -0.870 e. The third kappa shape index (κ3) is 11.6. The van der Waals surface area contributed by atoms with Gasteiger partial charge in [0.1, 0.15) is 5.60 Å². The third-order valence-corrected chi connectivity index (χ3v) is 25.6. The zero-order chi connectivity index (χ0) is 54.5. The van der Waals surface area contributed by atoms with E-state index in [-0.39, 0.29) is 89.5 Å². The quantitative estimate of drug-likeness (QED) is 0.118. The monoisotopic (exact) mass is 1120 g/mol. The van der Waals surface area contributed by atoms with Crippen molar-refractivity contribution in [2.24, 2.45) is 92.7 Å². The van der Waals surface area contributed by atoms with E-state index in [1.807, 2.05) is 18.2 Å². The Balaban J connectivity index is 0.000000225. The first-order valence-electron chi connectivity index (χ1n) is 30.4. The molecule has 11 rings (SSSR count). The Kier molecular flexibility index (Phi) is 19.3. The van der Waals surface area contributed by atoms with Crippen LogP contribution in [0, 0.1) is 92.7 Å². The molecule has 1 aromatic rings. The largest absolute Gasteiger partial charge is 1.00 e. The van der Waals surface area contributed by atoms with E-state index in [1.165, 1.54) is 32.1 Å². The van der Waals surface area contributed by atoms with Crippen molar-refractivity contribution in [2.45, 2.75) is 230 Å². The Morgan fingerprint density at radius 1 is 0.582 bits per heavy atom. The topological polar surface area (TPSA) is 167 Å². The Labute approximate surface area is 479 Å². The molecule has 6 N–H and O–H groups in total. The first-order chi connectivity index (χ1) is 35.6. The van der Waals surface area contributed by atoms with Gasteiger partial charge in [0.25, 0.3) is 0 Å². The zero-order valence-corrected chi connectivity index (χ0v) is 48.8. The Bertz CT molecular complexity index is 2210. The number of benzene rings is 1. The number of carbonyl (C=O) groups is 1. The number of alkyl halides is 6. The maximum atomic E-state index is 13.7. The molecular weight excluding hydrogens is 1020 g/mol. The standard InChI is InChI=1S/C35H49F3O4.C28H45F3O3.Li.2H2O/c1-23(13-16-33(19-20-41-22-33)42-30(39)24-7-5-4-6-8-24)27-11-12-28-26-10-9-25-21-34(40,35(36,37)38)18-17-31(25,2)29(26)14-15-32(27,28)3;1-18(8-11-26(32)14-15-34-17-26)21-6-7-22-20-5-4-19-16-27(33,28(29,30)31)13-12-24(19,2)23(20)9-10-25(21,22)3;;;/h4-8,23,25-29,40H,9-22H2,1-3H3;18-23,32-33H,4-17H2,1-3H3;;2*1H2/q;;+1;;/p-1/t23-,25+,26+,27-,28+,29+,31+,32-,33-,34+;18-,19+,20+,21-,22+,23+,24+,25-,26-,27+;;;/m11.../s1. The molecule has 0 bridgehead atoms. The molecule has 2 aliphatic heterocycles. The number of halogens is 6. The van der Waals surface area contributed by atoms with Gasteiger partial charge in [-0.1, -0.05) is 59.7 Å². The van der Waals surface area contributed by atoms with Gasteiger partial charge in [0.2, 0.25) is 0 Å². The van der Waals surface area contributed by atoms with E-state index in [0.29, 0.717) is 109 Å². The summed E-state index contributed by atoms with van der Waals surface area (Å²) in [5.74, 6) is 5.38. The number of rotatable bonds is 10. The van der Waals surface area contributed by atoms with Gasteiger partial charge in [-0.3, -0.25) is 0 Å². The normalized spacial score (nSPS) is 45.9. The maximum Gasteiger partial charge on any atom is 1.00 e. The molecule has 446 valence electrons.